The zero-order valence-corrected chi connectivity index (χ0v) is 9.56. The topological polar surface area (TPSA) is 105 Å². The molecule has 0 atom stereocenters. The van der Waals surface area contributed by atoms with Gasteiger partial charge in [-0.1, -0.05) is 12.1 Å². The van der Waals surface area contributed by atoms with Gasteiger partial charge in [0.1, 0.15) is 0 Å². The number of hydrogen-bond acceptors (Lipinski definition) is 4. The SMILES string of the molecule is NCCCNc1ccccc1OP(=O)(O)O. The van der Waals surface area contributed by atoms with Crippen LogP contribution in [0.25, 0.3) is 0 Å². The van der Waals surface area contributed by atoms with E-state index in [1.54, 1.807) is 18.2 Å². The molecule has 0 fully saturated rings. The number of anilines is 1. The molecule has 0 aliphatic carbocycles. The summed E-state index contributed by atoms with van der Waals surface area (Å²) in [5.74, 6) is 0.132. The van der Waals surface area contributed by atoms with Crippen molar-refractivity contribution in [1.29, 1.82) is 0 Å². The van der Waals surface area contributed by atoms with Crippen molar-refractivity contribution < 1.29 is 18.9 Å². The maximum Gasteiger partial charge on any atom is 0.524 e. The van der Waals surface area contributed by atoms with Crippen molar-refractivity contribution in [3.63, 3.8) is 0 Å². The minimum atomic E-state index is -4.52. The van der Waals surface area contributed by atoms with Crippen molar-refractivity contribution in [2.24, 2.45) is 5.73 Å². The fourth-order valence-corrected chi connectivity index (χ4v) is 1.56. The van der Waals surface area contributed by atoms with Crippen molar-refractivity contribution in [1.82, 2.24) is 0 Å². The Morgan fingerprint density at radius 3 is 2.69 bits per heavy atom. The molecule has 1 aromatic rings. The van der Waals surface area contributed by atoms with Crippen LogP contribution in [0.1, 0.15) is 6.42 Å². The Bertz CT molecular complexity index is 380. The fourth-order valence-electron chi connectivity index (χ4n) is 1.15. The average molecular weight is 246 g/mol. The van der Waals surface area contributed by atoms with Crippen LogP contribution in [-0.4, -0.2) is 22.9 Å². The van der Waals surface area contributed by atoms with Crippen LogP contribution >= 0.6 is 7.82 Å². The predicted octanol–water partition coefficient (Wildman–Crippen LogP) is 0.919. The third-order valence-electron chi connectivity index (χ3n) is 1.80. The van der Waals surface area contributed by atoms with Gasteiger partial charge >= 0.3 is 7.82 Å². The smallest absolute Gasteiger partial charge is 0.402 e. The molecule has 0 aliphatic rings. The first-order chi connectivity index (χ1) is 7.53. The van der Waals surface area contributed by atoms with Crippen molar-refractivity contribution in [2.75, 3.05) is 18.4 Å². The number of phosphoric ester groups is 1. The van der Waals surface area contributed by atoms with Gasteiger partial charge in [0.2, 0.25) is 0 Å². The minimum Gasteiger partial charge on any atom is -0.402 e. The van der Waals surface area contributed by atoms with E-state index < -0.39 is 7.82 Å². The molecule has 0 amide bonds. The van der Waals surface area contributed by atoms with Gasteiger partial charge in [0.15, 0.2) is 5.75 Å². The maximum atomic E-state index is 10.7. The molecule has 0 radical (unpaired) electrons. The van der Waals surface area contributed by atoms with E-state index in [0.29, 0.717) is 18.8 Å². The third-order valence-corrected chi connectivity index (χ3v) is 2.24. The van der Waals surface area contributed by atoms with Gasteiger partial charge in [-0.2, -0.15) is 0 Å². The molecule has 0 spiro atoms. The second-order valence-corrected chi connectivity index (χ2v) is 4.31. The summed E-state index contributed by atoms with van der Waals surface area (Å²) < 4.78 is 15.2. The third kappa shape index (κ3) is 4.63. The highest BCUT2D eigenvalue weighted by Crippen LogP contribution is 2.40. The molecule has 16 heavy (non-hydrogen) atoms. The number of benzene rings is 1. The van der Waals surface area contributed by atoms with Gasteiger partial charge in [-0.25, -0.2) is 4.57 Å². The lowest BCUT2D eigenvalue weighted by atomic mass is 10.3. The number of rotatable bonds is 6. The molecule has 1 rings (SSSR count). The van der Waals surface area contributed by atoms with Crippen LogP contribution in [0.3, 0.4) is 0 Å². The summed E-state index contributed by atoms with van der Waals surface area (Å²) in [6, 6.07) is 6.56. The van der Waals surface area contributed by atoms with E-state index in [9.17, 15) is 4.57 Å². The molecule has 1 aromatic carbocycles. The van der Waals surface area contributed by atoms with Gasteiger partial charge in [0, 0.05) is 6.54 Å². The Labute approximate surface area is 93.7 Å². The Balaban J connectivity index is 2.71. The summed E-state index contributed by atoms with van der Waals surface area (Å²) in [7, 11) is -4.52. The molecule has 0 aromatic heterocycles. The number of para-hydroxylation sites is 2. The van der Waals surface area contributed by atoms with E-state index in [-0.39, 0.29) is 5.75 Å². The molecule has 7 heteroatoms. The fraction of sp³-hybridized carbons (Fsp3) is 0.333. The number of phosphoric acid groups is 1. The Morgan fingerprint density at radius 1 is 1.38 bits per heavy atom. The molecule has 90 valence electrons. The first-order valence-corrected chi connectivity index (χ1v) is 6.34. The van der Waals surface area contributed by atoms with Crippen molar-refractivity contribution in [3.05, 3.63) is 24.3 Å². The molecule has 0 aliphatic heterocycles. The molecular weight excluding hydrogens is 231 g/mol. The van der Waals surface area contributed by atoms with E-state index in [0.717, 1.165) is 6.42 Å². The summed E-state index contributed by atoms with van der Waals surface area (Å²) in [6.45, 7) is 1.17. The Hall–Kier alpha value is -1.07. The van der Waals surface area contributed by atoms with E-state index in [2.05, 4.69) is 9.84 Å². The lowest BCUT2D eigenvalue weighted by Gasteiger charge is -2.12. The first kappa shape index (κ1) is 13.0. The summed E-state index contributed by atoms with van der Waals surface area (Å²) in [5, 5.41) is 2.99. The highest BCUT2D eigenvalue weighted by molar-refractivity contribution is 7.46. The van der Waals surface area contributed by atoms with Gasteiger partial charge in [0.25, 0.3) is 0 Å². The van der Waals surface area contributed by atoms with Crippen LogP contribution in [0, 0.1) is 0 Å². The van der Waals surface area contributed by atoms with Crippen LogP contribution in [0.15, 0.2) is 24.3 Å². The molecule has 0 saturated carbocycles. The number of nitrogens with two attached hydrogens (primary N) is 1. The standard InChI is InChI=1S/C9H15N2O4P/c10-6-3-7-11-8-4-1-2-5-9(8)15-16(12,13)14/h1-2,4-5,11H,3,6-7,10H2,(H2,12,13,14). The summed E-state index contributed by atoms with van der Waals surface area (Å²) in [6.07, 6.45) is 0.768. The lowest BCUT2D eigenvalue weighted by Crippen LogP contribution is -2.09. The Morgan fingerprint density at radius 2 is 2.06 bits per heavy atom. The first-order valence-electron chi connectivity index (χ1n) is 4.81. The summed E-state index contributed by atoms with van der Waals surface area (Å²) in [5.41, 5.74) is 5.88. The van der Waals surface area contributed by atoms with E-state index in [1.807, 2.05) is 0 Å². The summed E-state index contributed by atoms with van der Waals surface area (Å²) >= 11 is 0. The second kappa shape index (κ2) is 5.86. The zero-order chi connectivity index (χ0) is 12.0. The van der Waals surface area contributed by atoms with Gasteiger partial charge < -0.3 is 15.6 Å². The molecule has 0 heterocycles. The van der Waals surface area contributed by atoms with Crippen LogP contribution in [0.2, 0.25) is 0 Å². The highest BCUT2D eigenvalue weighted by Gasteiger charge is 2.17. The molecular formula is C9H15N2O4P. The van der Waals surface area contributed by atoms with Gasteiger partial charge in [-0.15, -0.1) is 0 Å². The summed E-state index contributed by atoms with van der Waals surface area (Å²) in [4.78, 5) is 17.4. The maximum absolute atomic E-state index is 10.7. The van der Waals surface area contributed by atoms with Crippen LogP contribution < -0.4 is 15.6 Å². The van der Waals surface area contributed by atoms with Gasteiger partial charge in [-0.05, 0) is 25.1 Å². The quantitative estimate of drug-likeness (QED) is 0.439. The highest BCUT2D eigenvalue weighted by atomic mass is 31.2. The molecule has 0 unspecified atom stereocenters. The van der Waals surface area contributed by atoms with Gasteiger partial charge in [0.05, 0.1) is 5.69 Å². The molecule has 0 bridgehead atoms. The van der Waals surface area contributed by atoms with E-state index >= 15 is 0 Å². The lowest BCUT2D eigenvalue weighted by molar-refractivity contribution is 0.283. The van der Waals surface area contributed by atoms with Crippen molar-refractivity contribution in [3.8, 4) is 5.75 Å². The second-order valence-electron chi connectivity index (χ2n) is 3.15. The van der Waals surface area contributed by atoms with E-state index in [1.165, 1.54) is 6.07 Å². The van der Waals surface area contributed by atoms with Crippen LogP contribution in [0.5, 0.6) is 5.75 Å². The van der Waals surface area contributed by atoms with Gasteiger partial charge in [-0.3, -0.25) is 9.79 Å². The van der Waals surface area contributed by atoms with Crippen LogP contribution in [-0.2, 0) is 4.57 Å². The number of hydrogen-bond donors (Lipinski definition) is 4. The Kier molecular flexibility index (Phi) is 4.76. The van der Waals surface area contributed by atoms with Crippen molar-refractivity contribution >= 4 is 13.5 Å². The minimum absolute atomic E-state index is 0.132. The average Bonchev–Trinajstić information content (AvgIpc) is 2.19. The van der Waals surface area contributed by atoms with Crippen LogP contribution in [0.4, 0.5) is 5.69 Å². The molecule has 0 saturated heterocycles. The largest absolute Gasteiger partial charge is 0.524 e. The molecule has 5 N–H and O–H groups in total. The predicted molar refractivity (Wildman–Crippen MR) is 61.3 cm³/mol. The van der Waals surface area contributed by atoms with Crippen molar-refractivity contribution in [2.45, 2.75) is 6.42 Å². The monoisotopic (exact) mass is 246 g/mol. The zero-order valence-electron chi connectivity index (χ0n) is 8.67. The number of nitrogens with one attached hydrogen (secondary N) is 1. The molecule has 6 nitrogen and oxygen atoms in total. The normalized spacial score (nSPS) is 11.2. The van der Waals surface area contributed by atoms with E-state index in [4.69, 9.17) is 15.5 Å².